The second-order valence-corrected chi connectivity index (χ2v) is 7.00. The molecule has 0 saturated heterocycles. The molecule has 0 amide bonds. The third-order valence-corrected chi connectivity index (χ3v) is 3.64. The van der Waals surface area contributed by atoms with E-state index in [0.717, 1.165) is 0 Å². The molecule has 0 aliphatic heterocycles. The van der Waals surface area contributed by atoms with Crippen LogP contribution in [0.1, 0.15) is 27.7 Å². The van der Waals surface area contributed by atoms with E-state index in [0.29, 0.717) is 11.1 Å². The molecule has 4 nitrogen and oxygen atoms in total. The van der Waals surface area contributed by atoms with Crippen LogP contribution in [0.2, 0.25) is 0 Å². The molecule has 0 aromatic rings. The Hall–Kier alpha value is -1.06. The van der Waals surface area contributed by atoms with Gasteiger partial charge in [-0.1, -0.05) is 0 Å². The number of rotatable bonds is 6. The van der Waals surface area contributed by atoms with Crippen molar-refractivity contribution in [3.8, 4) is 0 Å². The third kappa shape index (κ3) is 6.97. The van der Waals surface area contributed by atoms with E-state index in [2.05, 4.69) is 13.2 Å². The Morgan fingerprint density at radius 3 is 1.47 bits per heavy atom. The van der Waals surface area contributed by atoms with Gasteiger partial charge in [0.1, 0.15) is 0 Å². The minimum absolute atomic E-state index is 0.143. The van der Waals surface area contributed by atoms with Gasteiger partial charge in [-0.15, -0.1) is 0 Å². The van der Waals surface area contributed by atoms with Crippen molar-refractivity contribution < 1.29 is 19.1 Å². The Morgan fingerprint density at radius 1 is 0.941 bits per heavy atom. The SMILES string of the molecule is C=C(C)C(=O)OC(C)[Se]C(C)OC(=O)C(=C)C. The van der Waals surface area contributed by atoms with Crippen LogP contribution < -0.4 is 0 Å². The number of carbonyl (C=O) groups excluding carboxylic acids is 2. The van der Waals surface area contributed by atoms with Crippen LogP contribution in [0.5, 0.6) is 0 Å². The van der Waals surface area contributed by atoms with Gasteiger partial charge in [-0.05, 0) is 0 Å². The van der Waals surface area contributed by atoms with E-state index in [1.165, 1.54) is 0 Å². The molecule has 0 aliphatic carbocycles. The summed E-state index contributed by atoms with van der Waals surface area (Å²) >= 11 is -0.143. The maximum absolute atomic E-state index is 11.2. The molecule has 2 atom stereocenters. The second kappa shape index (κ2) is 7.30. The van der Waals surface area contributed by atoms with E-state index < -0.39 is 11.9 Å². The van der Waals surface area contributed by atoms with Crippen molar-refractivity contribution in [1.29, 1.82) is 0 Å². The van der Waals surface area contributed by atoms with Crippen molar-refractivity contribution in [3.05, 3.63) is 24.3 Å². The summed E-state index contributed by atoms with van der Waals surface area (Å²) in [6.45, 7) is 13.7. The molecule has 0 aromatic heterocycles. The topological polar surface area (TPSA) is 52.6 Å². The van der Waals surface area contributed by atoms with Crippen LogP contribution in [-0.4, -0.2) is 36.9 Å². The van der Waals surface area contributed by atoms with Crippen molar-refractivity contribution in [2.24, 2.45) is 0 Å². The summed E-state index contributed by atoms with van der Waals surface area (Å²) in [5, 5.41) is -0.528. The molecule has 0 heterocycles. The Balaban J connectivity index is 4.08. The second-order valence-electron chi connectivity index (χ2n) is 3.64. The summed E-state index contributed by atoms with van der Waals surface area (Å²) in [6.07, 6.45) is 0. The van der Waals surface area contributed by atoms with E-state index in [1.807, 2.05) is 0 Å². The molecule has 0 aliphatic rings. The normalized spacial score (nSPS) is 13.4. The third-order valence-electron chi connectivity index (χ3n) is 1.63. The van der Waals surface area contributed by atoms with Gasteiger partial charge in [-0.25, -0.2) is 0 Å². The van der Waals surface area contributed by atoms with Gasteiger partial charge in [0.2, 0.25) is 0 Å². The van der Waals surface area contributed by atoms with E-state index >= 15 is 0 Å². The quantitative estimate of drug-likeness (QED) is 0.425. The first kappa shape index (κ1) is 15.9. The van der Waals surface area contributed by atoms with Crippen LogP contribution in [0.3, 0.4) is 0 Å². The minimum atomic E-state index is -0.419. The van der Waals surface area contributed by atoms with E-state index in [1.54, 1.807) is 27.7 Å². The van der Waals surface area contributed by atoms with Crippen LogP contribution in [0.15, 0.2) is 24.3 Å². The molecule has 0 saturated carbocycles. The van der Waals surface area contributed by atoms with Crippen molar-refractivity contribution in [3.63, 3.8) is 0 Å². The van der Waals surface area contributed by atoms with Crippen molar-refractivity contribution >= 4 is 26.9 Å². The molecular weight excluding hydrogens is 287 g/mol. The molecule has 2 unspecified atom stereocenters. The molecule has 0 N–H and O–H groups in total. The van der Waals surface area contributed by atoms with Crippen LogP contribution in [-0.2, 0) is 19.1 Å². The average Bonchev–Trinajstić information content (AvgIpc) is 2.16. The summed E-state index contributed by atoms with van der Waals surface area (Å²) in [6, 6.07) is 0. The van der Waals surface area contributed by atoms with Crippen molar-refractivity contribution in [2.75, 3.05) is 0 Å². The summed E-state index contributed by atoms with van der Waals surface area (Å²) in [7, 11) is 0. The fourth-order valence-electron chi connectivity index (χ4n) is 0.828. The van der Waals surface area contributed by atoms with Crippen LogP contribution in [0.25, 0.3) is 0 Å². The zero-order valence-electron chi connectivity index (χ0n) is 10.6. The Kier molecular flexibility index (Phi) is 6.85. The summed E-state index contributed by atoms with van der Waals surface area (Å²) in [5.74, 6) is -0.837. The number of hydrogen-bond acceptors (Lipinski definition) is 4. The van der Waals surface area contributed by atoms with Gasteiger partial charge in [-0.2, -0.15) is 0 Å². The average molecular weight is 305 g/mol. The van der Waals surface area contributed by atoms with E-state index in [-0.39, 0.29) is 25.0 Å². The van der Waals surface area contributed by atoms with Gasteiger partial charge in [0, 0.05) is 0 Å². The van der Waals surface area contributed by atoms with Crippen molar-refractivity contribution in [2.45, 2.75) is 37.7 Å². The zero-order chi connectivity index (χ0) is 13.6. The van der Waals surface area contributed by atoms with Gasteiger partial charge in [-0.3, -0.25) is 0 Å². The van der Waals surface area contributed by atoms with Crippen LogP contribution in [0, 0.1) is 0 Å². The zero-order valence-corrected chi connectivity index (χ0v) is 12.3. The maximum atomic E-state index is 11.2. The van der Waals surface area contributed by atoms with Gasteiger partial charge < -0.3 is 0 Å². The summed E-state index contributed by atoms with van der Waals surface area (Å²) in [5.41, 5.74) is 0.721. The first-order valence-corrected chi connectivity index (χ1v) is 7.10. The van der Waals surface area contributed by atoms with Crippen molar-refractivity contribution in [1.82, 2.24) is 0 Å². The summed E-state index contributed by atoms with van der Waals surface area (Å²) in [4.78, 5) is 22.5. The molecule has 0 aromatic carbocycles. The molecule has 96 valence electrons. The van der Waals surface area contributed by atoms with Gasteiger partial charge in [0.25, 0.3) is 0 Å². The molecule has 0 radical (unpaired) electrons. The number of esters is 2. The molecule has 5 heteroatoms. The van der Waals surface area contributed by atoms with Crippen LogP contribution in [0.4, 0.5) is 0 Å². The van der Waals surface area contributed by atoms with Gasteiger partial charge in [0.15, 0.2) is 0 Å². The standard InChI is InChI=1S/C12H18O4Se/c1-7(2)11(13)15-9(5)17-10(6)16-12(14)8(3)4/h9-10H,1,3H2,2,4-6H3. The van der Waals surface area contributed by atoms with E-state index in [9.17, 15) is 9.59 Å². The predicted molar refractivity (Wildman–Crippen MR) is 66.5 cm³/mol. The molecule has 0 fully saturated rings. The monoisotopic (exact) mass is 306 g/mol. The number of hydrogen-bond donors (Lipinski definition) is 0. The van der Waals surface area contributed by atoms with Gasteiger partial charge >= 0.3 is 108 Å². The first-order valence-electron chi connectivity index (χ1n) is 5.12. The molecule has 0 rings (SSSR count). The number of carbonyl (C=O) groups is 2. The molecule has 0 spiro atoms. The Bertz CT molecular complexity index is 303. The van der Waals surface area contributed by atoms with Gasteiger partial charge in [0.05, 0.1) is 0 Å². The molecule has 0 bridgehead atoms. The summed E-state index contributed by atoms with van der Waals surface area (Å²) < 4.78 is 10.2. The molecule has 17 heavy (non-hydrogen) atoms. The molecular formula is C12H18O4Se. The fraction of sp³-hybridized carbons (Fsp3) is 0.500. The van der Waals surface area contributed by atoms with Crippen LogP contribution >= 0.6 is 0 Å². The predicted octanol–water partition coefficient (Wildman–Crippen LogP) is 1.62. The Morgan fingerprint density at radius 2 is 1.24 bits per heavy atom. The first-order chi connectivity index (χ1) is 7.73. The fourth-order valence-corrected chi connectivity index (χ4v) is 2.56. The Labute approximate surface area is 108 Å². The van der Waals surface area contributed by atoms with E-state index in [4.69, 9.17) is 9.47 Å². The number of ether oxygens (including phenoxy) is 2.